The number of amides is 1. The van der Waals surface area contributed by atoms with Gasteiger partial charge in [0, 0.05) is 5.92 Å². The van der Waals surface area contributed by atoms with Gasteiger partial charge < -0.3 is 19.7 Å². The zero-order chi connectivity index (χ0) is 18.6. The van der Waals surface area contributed by atoms with Crippen molar-refractivity contribution in [3.8, 4) is 5.75 Å². The molecular weight excluding hydrogens is 331 g/mol. The Kier molecular flexibility index (Phi) is 5.74. The Hall–Kier alpha value is -2.90. The van der Waals surface area contributed by atoms with Gasteiger partial charge in [0.1, 0.15) is 17.1 Å². The summed E-state index contributed by atoms with van der Waals surface area (Å²) in [7, 11) is 0. The molecule has 0 aliphatic heterocycles. The third-order valence-electron chi connectivity index (χ3n) is 3.46. The number of aliphatic carboxylic acids is 1. The normalized spacial score (nSPS) is 12.0. The third-order valence-corrected chi connectivity index (χ3v) is 3.46. The van der Waals surface area contributed by atoms with E-state index in [1.54, 1.807) is 6.92 Å². The number of hydrogen-bond acceptors (Lipinski definition) is 5. The van der Waals surface area contributed by atoms with Crippen molar-refractivity contribution in [1.82, 2.24) is 10.5 Å². The highest BCUT2D eigenvalue weighted by Gasteiger charge is 2.25. The molecule has 0 bridgehead atoms. The number of ether oxygens (including phenoxy) is 1. The van der Waals surface area contributed by atoms with E-state index in [2.05, 4.69) is 10.5 Å². The minimum atomic E-state index is -1.32. The van der Waals surface area contributed by atoms with Crippen LogP contribution in [0.5, 0.6) is 5.75 Å². The van der Waals surface area contributed by atoms with E-state index < -0.39 is 23.8 Å². The van der Waals surface area contributed by atoms with E-state index >= 15 is 0 Å². The molecule has 7 nitrogen and oxygen atoms in total. The van der Waals surface area contributed by atoms with Crippen LogP contribution in [0.4, 0.5) is 4.39 Å². The molecule has 2 N–H and O–H groups in total. The fourth-order valence-electron chi connectivity index (χ4n) is 2.19. The molecule has 1 heterocycles. The van der Waals surface area contributed by atoms with Crippen LogP contribution in [0.2, 0.25) is 0 Å². The SMILES string of the molecule is Cc1noc(C(C)C)c1C(=O)NCC(Oc1ccc(F)cc1)C(=O)O. The summed E-state index contributed by atoms with van der Waals surface area (Å²) in [6.07, 6.45) is -1.32. The topological polar surface area (TPSA) is 102 Å². The molecule has 1 atom stereocenters. The highest BCUT2D eigenvalue weighted by atomic mass is 19.1. The predicted molar refractivity (Wildman–Crippen MR) is 86.1 cm³/mol. The van der Waals surface area contributed by atoms with Crippen molar-refractivity contribution in [1.29, 1.82) is 0 Å². The van der Waals surface area contributed by atoms with Crippen LogP contribution in [0, 0.1) is 12.7 Å². The van der Waals surface area contributed by atoms with Gasteiger partial charge in [-0.3, -0.25) is 4.79 Å². The number of hydrogen-bond donors (Lipinski definition) is 2. The van der Waals surface area contributed by atoms with Gasteiger partial charge in [-0.25, -0.2) is 9.18 Å². The van der Waals surface area contributed by atoms with Gasteiger partial charge in [-0.15, -0.1) is 0 Å². The molecule has 25 heavy (non-hydrogen) atoms. The number of benzene rings is 1. The third kappa shape index (κ3) is 4.56. The second-order valence-electron chi connectivity index (χ2n) is 5.77. The van der Waals surface area contributed by atoms with Crippen molar-refractivity contribution >= 4 is 11.9 Å². The number of aromatic nitrogens is 1. The zero-order valence-electron chi connectivity index (χ0n) is 14.1. The minimum Gasteiger partial charge on any atom is -0.478 e. The van der Waals surface area contributed by atoms with Crippen LogP contribution in [0.1, 0.15) is 41.6 Å². The molecule has 0 fully saturated rings. The van der Waals surface area contributed by atoms with Crippen LogP contribution in [0.25, 0.3) is 0 Å². The van der Waals surface area contributed by atoms with E-state index in [1.807, 2.05) is 13.8 Å². The molecule has 1 amide bonds. The molecule has 0 aliphatic carbocycles. The smallest absolute Gasteiger partial charge is 0.346 e. The fourth-order valence-corrected chi connectivity index (χ4v) is 2.19. The first kappa shape index (κ1) is 18.4. The van der Waals surface area contributed by atoms with E-state index in [0.717, 1.165) is 12.1 Å². The van der Waals surface area contributed by atoms with Gasteiger partial charge in [0.2, 0.25) is 6.10 Å². The Labute approximate surface area is 143 Å². The van der Waals surface area contributed by atoms with Crippen LogP contribution < -0.4 is 10.1 Å². The summed E-state index contributed by atoms with van der Waals surface area (Å²) in [6, 6.07) is 4.94. The summed E-state index contributed by atoms with van der Waals surface area (Å²) in [5.74, 6) is -1.63. The molecule has 2 aromatic rings. The van der Waals surface area contributed by atoms with Crippen molar-refractivity contribution in [3.63, 3.8) is 0 Å². The number of carboxylic acids is 1. The molecule has 0 radical (unpaired) electrons. The Balaban J connectivity index is 2.06. The lowest BCUT2D eigenvalue weighted by molar-refractivity contribution is -0.144. The molecule has 1 unspecified atom stereocenters. The Morgan fingerprint density at radius 1 is 1.32 bits per heavy atom. The number of carbonyl (C=O) groups excluding carboxylic acids is 1. The van der Waals surface area contributed by atoms with E-state index in [0.29, 0.717) is 17.0 Å². The van der Waals surface area contributed by atoms with Crippen LogP contribution in [-0.4, -0.2) is 34.8 Å². The number of nitrogens with zero attached hydrogens (tertiary/aromatic N) is 1. The molecule has 1 aromatic heterocycles. The number of rotatable bonds is 7. The molecule has 134 valence electrons. The van der Waals surface area contributed by atoms with Gasteiger partial charge in [-0.2, -0.15) is 0 Å². The second kappa shape index (κ2) is 7.78. The van der Waals surface area contributed by atoms with Gasteiger partial charge in [-0.1, -0.05) is 19.0 Å². The number of carboxylic acid groups (broad SMARTS) is 1. The molecule has 0 saturated heterocycles. The van der Waals surface area contributed by atoms with E-state index in [-0.39, 0.29) is 18.2 Å². The maximum Gasteiger partial charge on any atom is 0.346 e. The average Bonchev–Trinajstić information content (AvgIpc) is 2.94. The van der Waals surface area contributed by atoms with E-state index in [9.17, 15) is 19.1 Å². The number of carbonyl (C=O) groups is 2. The lowest BCUT2D eigenvalue weighted by atomic mass is 10.0. The highest BCUT2D eigenvalue weighted by Crippen LogP contribution is 2.22. The van der Waals surface area contributed by atoms with Gasteiger partial charge in [-0.05, 0) is 31.2 Å². The summed E-state index contributed by atoms with van der Waals surface area (Å²) < 4.78 is 23.3. The standard InChI is InChI=1S/C17H19FN2O5/c1-9(2)15-14(10(3)20-25-15)16(21)19-8-13(17(22)23)24-12-6-4-11(18)5-7-12/h4-7,9,13H,8H2,1-3H3,(H,19,21)(H,22,23). The summed E-state index contributed by atoms with van der Waals surface area (Å²) in [5, 5.41) is 15.5. The summed E-state index contributed by atoms with van der Waals surface area (Å²) in [6.45, 7) is 5.07. The first-order valence-electron chi connectivity index (χ1n) is 7.69. The summed E-state index contributed by atoms with van der Waals surface area (Å²) >= 11 is 0. The average molecular weight is 350 g/mol. The minimum absolute atomic E-state index is 0.0484. The largest absolute Gasteiger partial charge is 0.478 e. The van der Waals surface area contributed by atoms with Crippen LogP contribution >= 0.6 is 0 Å². The highest BCUT2D eigenvalue weighted by molar-refractivity contribution is 5.96. The van der Waals surface area contributed by atoms with E-state index in [1.165, 1.54) is 12.1 Å². The molecular formula is C17H19FN2O5. The van der Waals surface area contributed by atoms with Crippen molar-refractivity contribution in [3.05, 3.63) is 47.1 Å². The molecule has 0 aliphatic rings. The second-order valence-corrected chi connectivity index (χ2v) is 5.77. The summed E-state index contributed by atoms with van der Waals surface area (Å²) in [4.78, 5) is 23.7. The lowest BCUT2D eigenvalue weighted by Crippen LogP contribution is -2.40. The Morgan fingerprint density at radius 2 is 1.96 bits per heavy atom. The molecule has 2 rings (SSSR count). The predicted octanol–water partition coefficient (Wildman–Crippen LogP) is 2.51. The Bertz CT molecular complexity index is 755. The van der Waals surface area contributed by atoms with Gasteiger partial charge in [0.05, 0.1) is 12.2 Å². The van der Waals surface area contributed by atoms with Crippen molar-refractivity contribution in [2.24, 2.45) is 0 Å². The van der Waals surface area contributed by atoms with Gasteiger partial charge in [0.25, 0.3) is 5.91 Å². The van der Waals surface area contributed by atoms with Crippen molar-refractivity contribution < 1.29 is 28.3 Å². The van der Waals surface area contributed by atoms with Gasteiger partial charge >= 0.3 is 5.97 Å². The maximum atomic E-state index is 12.9. The van der Waals surface area contributed by atoms with Crippen molar-refractivity contribution in [2.75, 3.05) is 6.54 Å². The van der Waals surface area contributed by atoms with Crippen molar-refractivity contribution in [2.45, 2.75) is 32.8 Å². The van der Waals surface area contributed by atoms with E-state index in [4.69, 9.17) is 9.26 Å². The number of nitrogens with one attached hydrogen (secondary N) is 1. The van der Waals surface area contributed by atoms with Crippen LogP contribution in [-0.2, 0) is 4.79 Å². The first-order valence-corrected chi connectivity index (χ1v) is 7.69. The van der Waals surface area contributed by atoms with Crippen LogP contribution in [0.15, 0.2) is 28.8 Å². The maximum absolute atomic E-state index is 12.9. The molecule has 0 saturated carbocycles. The lowest BCUT2D eigenvalue weighted by Gasteiger charge is -2.16. The zero-order valence-corrected chi connectivity index (χ0v) is 14.1. The summed E-state index contributed by atoms with van der Waals surface area (Å²) in [5.41, 5.74) is 0.716. The monoisotopic (exact) mass is 350 g/mol. The number of aryl methyl sites for hydroxylation is 1. The molecule has 0 spiro atoms. The molecule has 8 heteroatoms. The fraction of sp³-hybridized carbons (Fsp3) is 0.353. The molecule has 1 aromatic carbocycles. The van der Waals surface area contributed by atoms with Gasteiger partial charge in [0.15, 0.2) is 5.76 Å². The number of halogens is 1. The quantitative estimate of drug-likeness (QED) is 0.795. The first-order chi connectivity index (χ1) is 11.8. The van der Waals surface area contributed by atoms with Crippen LogP contribution in [0.3, 0.4) is 0 Å². The Morgan fingerprint density at radius 3 is 2.52 bits per heavy atom.